The molecular weight excluding hydrogens is 274 g/mol. The van der Waals surface area contributed by atoms with Crippen molar-refractivity contribution in [3.05, 3.63) is 82.8 Å². The van der Waals surface area contributed by atoms with Gasteiger partial charge in [0.25, 0.3) is 0 Å². The average Bonchev–Trinajstić information content (AvgIpc) is 2.82. The average molecular weight is 293 g/mol. The first-order valence-electron chi connectivity index (χ1n) is 7.20. The molecule has 1 unspecified atom stereocenters. The summed E-state index contributed by atoms with van der Waals surface area (Å²) in [6, 6.07) is 21.1. The molecule has 3 rings (SSSR count). The summed E-state index contributed by atoms with van der Waals surface area (Å²) in [5.74, 6) is 0. The lowest BCUT2D eigenvalue weighted by Crippen LogP contribution is -2.25. The Labute approximate surface area is 130 Å². The first kappa shape index (κ1) is 14.2. The van der Waals surface area contributed by atoms with E-state index < -0.39 is 0 Å². The highest BCUT2D eigenvalue weighted by Crippen LogP contribution is 2.43. The second kappa shape index (κ2) is 5.90. The summed E-state index contributed by atoms with van der Waals surface area (Å²) in [6.45, 7) is 5.17. The maximum atomic E-state index is 4.90. The SMILES string of the molecule is CC1=CC(C)(c2ccccc2)C(=NCc2ccccc2)S1. The van der Waals surface area contributed by atoms with Gasteiger partial charge in [-0.05, 0) is 29.9 Å². The van der Waals surface area contributed by atoms with Gasteiger partial charge in [-0.25, -0.2) is 0 Å². The van der Waals surface area contributed by atoms with Crippen molar-refractivity contribution in [2.75, 3.05) is 0 Å². The Morgan fingerprint density at radius 1 is 0.952 bits per heavy atom. The molecule has 0 aromatic heterocycles. The van der Waals surface area contributed by atoms with Gasteiger partial charge in [-0.1, -0.05) is 78.5 Å². The van der Waals surface area contributed by atoms with Gasteiger partial charge in [-0.2, -0.15) is 0 Å². The fourth-order valence-corrected chi connectivity index (χ4v) is 3.81. The van der Waals surface area contributed by atoms with E-state index >= 15 is 0 Å². The van der Waals surface area contributed by atoms with E-state index in [0.717, 1.165) is 6.54 Å². The number of benzene rings is 2. The zero-order valence-corrected chi connectivity index (χ0v) is 13.2. The smallest absolute Gasteiger partial charge is 0.0865 e. The lowest BCUT2D eigenvalue weighted by Gasteiger charge is -2.23. The Hall–Kier alpha value is -1.80. The predicted molar refractivity (Wildman–Crippen MR) is 92.7 cm³/mol. The maximum absolute atomic E-state index is 4.90. The molecule has 1 atom stereocenters. The van der Waals surface area contributed by atoms with E-state index in [9.17, 15) is 0 Å². The Kier molecular flexibility index (Phi) is 3.98. The minimum atomic E-state index is -0.0925. The summed E-state index contributed by atoms with van der Waals surface area (Å²) in [5.41, 5.74) is 2.47. The van der Waals surface area contributed by atoms with Crippen LogP contribution in [0.5, 0.6) is 0 Å². The van der Waals surface area contributed by atoms with E-state index in [-0.39, 0.29) is 5.41 Å². The van der Waals surface area contributed by atoms with Crippen molar-refractivity contribution in [1.82, 2.24) is 0 Å². The minimum absolute atomic E-state index is 0.0925. The van der Waals surface area contributed by atoms with E-state index in [1.54, 1.807) is 11.8 Å². The predicted octanol–water partition coefficient (Wildman–Crippen LogP) is 5.19. The van der Waals surface area contributed by atoms with Crippen LogP contribution in [0.15, 0.2) is 76.6 Å². The summed E-state index contributed by atoms with van der Waals surface area (Å²) in [4.78, 5) is 6.23. The van der Waals surface area contributed by atoms with Crippen LogP contribution >= 0.6 is 11.8 Å². The largest absolute Gasteiger partial charge is 0.277 e. The molecule has 1 heterocycles. The highest BCUT2D eigenvalue weighted by atomic mass is 32.2. The van der Waals surface area contributed by atoms with Gasteiger partial charge in [0.05, 0.1) is 17.0 Å². The van der Waals surface area contributed by atoms with Crippen LogP contribution in [-0.4, -0.2) is 5.04 Å². The van der Waals surface area contributed by atoms with Crippen molar-refractivity contribution >= 4 is 16.8 Å². The molecule has 0 N–H and O–H groups in total. The van der Waals surface area contributed by atoms with Crippen molar-refractivity contribution in [1.29, 1.82) is 0 Å². The van der Waals surface area contributed by atoms with E-state index in [1.807, 2.05) is 6.07 Å². The highest BCUT2D eigenvalue weighted by Gasteiger charge is 2.35. The van der Waals surface area contributed by atoms with Crippen LogP contribution in [0.3, 0.4) is 0 Å². The fourth-order valence-electron chi connectivity index (χ4n) is 2.69. The molecule has 1 aliphatic heterocycles. The number of rotatable bonds is 3. The second-order valence-corrected chi connectivity index (χ2v) is 6.77. The van der Waals surface area contributed by atoms with Crippen LogP contribution in [0.2, 0.25) is 0 Å². The van der Waals surface area contributed by atoms with Crippen molar-refractivity contribution in [2.24, 2.45) is 4.99 Å². The van der Waals surface area contributed by atoms with Gasteiger partial charge in [0, 0.05) is 0 Å². The molecule has 2 aromatic carbocycles. The van der Waals surface area contributed by atoms with Crippen LogP contribution in [0.1, 0.15) is 25.0 Å². The third-order valence-electron chi connectivity index (χ3n) is 3.82. The Morgan fingerprint density at radius 2 is 1.57 bits per heavy atom. The molecule has 0 bridgehead atoms. The molecule has 2 heteroatoms. The van der Waals surface area contributed by atoms with Crippen LogP contribution in [0, 0.1) is 0 Å². The third kappa shape index (κ3) is 2.96. The summed E-state index contributed by atoms with van der Waals surface area (Å²) in [7, 11) is 0. The number of nitrogens with zero attached hydrogens (tertiary/aromatic N) is 1. The molecule has 1 nitrogen and oxygen atoms in total. The van der Waals surface area contributed by atoms with Gasteiger partial charge >= 0.3 is 0 Å². The van der Waals surface area contributed by atoms with Crippen LogP contribution in [0.4, 0.5) is 0 Å². The van der Waals surface area contributed by atoms with Crippen LogP contribution < -0.4 is 0 Å². The lowest BCUT2D eigenvalue weighted by atomic mass is 9.83. The zero-order valence-electron chi connectivity index (χ0n) is 12.4. The fraction of sp³-hybridized carbons (Fsp3) is 0.211. The molecule has 0 spiro atoms. The topological polar surface area (TPSA) is 12.4 Å². The first-order valence-corrected chi connectivity index (χ1v) is 8.02. The van der Waals surface area contributed by atoms with E-state index in [4.69, 9.17) is 4.99 Å². The summed E-state index contributed by atoms with van der Waals surface area (Å²) < 4.78 is 0. The number of hydrogen-bond donors (Lipinski definition) is 0. The van der Waals surface area contributed by atoms with Crippen LogP contribution in [-0.2, 0) is 12.0 Å². The number of thioether (sulfide) groups is 1. The zero-order chi connectivity index (χ0) is 14.7. The Morgan fingerprint density at radius 3 is 2.24 bits per heavy atom. The van der Waals surface area contributed by atoms with E-state index in [2.05, 4.69) is 74.5 Å². The molecule has 1 aliphatic rings. The molecule has 0 radical (unpaired) electrons. The summed E-state index contributed by atoms with van der Waals surface area (Å²) in [6.07, 6.45) is 2.33. The molecule has 0 saturated heterocycles. The van der Waals surface area contributed by atoms with E-state index in [0.29, 0.717) is 0 Å². The number of allylic oxidation sites excluding steroid dienone is 2. The van der Waals surface area contributed by atoms with Gasteiger partial charge in [-0.15, -0.1) is 0 Å². The molecule has 0 fully saturated rings. The molecule has 0 saturated carbocycles. The van der Waals surface area contributed by atoms with Crippen molar-refractivity contribution in [3.8, 4) is 0 Å². The number of aliphatic imine (C=N–C) groups is 1. The molecular formula is C19H19NS. The lowest BCUT2D eigenvalue weighted by molar-refractivity contribution is 0.815. The van der Waals surface area contributed by atoms with Crippen molar-refractivity contribution < 1.29 is 0 Å². The third-order valence-corrected chi connectivity index (χ3v) is 5.00. The molecule has 0 amide bonds. The monoisotopic (exact) mass is 293 g/mol. The highest BCUT2D eigenvalue weighted by molar-refractivity contribution is 8.17. The molecule has 21 heavy (non-hydrogen) atoms. The minimum Gasteiger partial charge on any atom is -0.277 e. The van der Waals surface area contributed by atoms with E-state index in [1.165, 1.54) is 21.1 Å². The Balaban J connectivity index is 1.91. The molecule has 106 valence electrons. The van der Waals surface area contributed by atoms with Gasteiger partial charge in [0.15, 0.2) is 0 Å². The van der Waals surface area contributed by atoms with Gasteiger partial charge in [-0.3, -0.25) is 4.99 Å². The van der Waals surface area contributed by atoms with Gasteiger partial charge in [0.2, 0.25) is 0 Å². The molecule has 2 aromatic rings. The molecule has 0 aliphatic carbocycles. The van der Waals surface area contributed by atoms with Crippen molar-refractivity contribution in [3.63, 3.8) is 0 Å². The quantitative estimate of drug-likeness (QED) is 0.758. The number of hydrogen-bond acceptors (Lipinski definition) is 2. The van der Waals surface area contributed by atoms with Crippen LogP contribution in [0.25, 0.3) is 0 Å². The normalized spacial score (nSPS) is 23.3. The van der Waals surface area contributed by atoms with Gasteiger partial charge in [0.1, 0.15) is 0 Å². The summed E-state index contributed by atoms with van der Waals surface area (Å²) >= 11 is 1.80. The van der Waals surface area contributed by atoms with Crippen molar-refractivity contribution in [2.45, 2.75) is 25.8 Å². The maximum Gasteiger partial charge on any atom is 0.0865 e. The first-order chi connectivity index (χ1) is 10.2. The second-order valence-electron chi connectivity index (χ2n) is 5.53. The van der Waals surface area contributed by atoms with Gasteiger partial charge < -0.3 is 0 Å². The Bertz CT molecular complexity index is 673. The summed E-state index contributed by atoms with van der Waals surface area (Å²) in [5, 5.41) is 1.19. The standard InChI is InChI=1S/C19H19NS/c1-15-13-19(2,17-11-7-4-8-12-17)18(21-15)20-14-16-9-5-3-6-10-16/h3-13H,14H2,1-2H3.